The Labute approximate surface area is 92.5 Å². The Bertz CT molecular complexity index is 256. The Morgan fingerprint density at radius 2 is 1.71 bits per heavy atom. The fourth-order valence-corrected chi connectivity index (χ4v) is 1.51. The normalized spacial score (nSPS) is 9.71. The van der Waals surface area contributed by atoms with Gasteiger partial charge in [-0.1, -0.05) is 0 Å². The molecule has 0 heterocycles. The molecular weight excluding hydrogens is 196 g/mol. The van der Waals surface area contributed by atoms with Crippen molar-refractivity contribution in [2.75, 3.05) is 17.2 Å². The molecule has 1 rings (SSSR count). The molecule has 1 aromatic carbocycles. The molecule has 0 aliphatic carbocycles. The molecule has 0 spiro atoms. The number of nitrogen functional groups attached to an aromatic ring is 1. The third-order valence-electron chi connectivity index (χ3n) is 2.19. The maximum Gasteiger partial charge on any atom is 0.0369 e. The van der Waals surface area contributed by atoms with Crippen LogP contribution in [-0.2, 0) is 0 Å². The summed E-state index contributed by atoms with van der Waals surface area (Å²) in [6, 6.07) is 8.56. The summed E-state index contributed by atoms with van der Waals surface area (Å²) in [4.78, 5) is 2.33. The molecule has 0 aliphatic rings. The van der Waals surface area contributed by atoms with E-state index in [0.29, 0.717) is 6.04 Å². The van der Waals surface area contributed by atoms with Crippen LogP contribution < -0.4 is 23.0 Å². The Hall–Kier alpha value is -0.890. The van der Waals surface area contributed by atoms with E-state index >= 15 is 0 Å². The number of halogens is 1. The molecule has 0 aliphatic heterocycles. The molecule has 0 saturated carbocycles. The topological polar surface area (TPSA) is 29.3 Å². The maximum absolute atomic E-state index is 5.63. The molecule has 0 fully saturated rings. The Morgan fingerprint density at radius 3 is 2.07 bits per heavy atom. The average Bonchev–Trinajstić information content (AvgIpc) is 2.09. The van der Waals surface area contributed by atoms with Gasteiger partial charge in [0.2, 0.25) is 0 Å². The lowest BCUT2D eigenvalue weighted by atomic mass is 10.2. The van der Waals surface area contributed by atoms with Gasteiger partial charge in [-0.25, -0.2) is 0 Å². The number of nitrogens with two attached hydrogens (primary N) is 1. The zero-order valence-corrected chi connectivity index (χ0v) is 9.75. The van der Waals surface area contributed by atoms with Gasteiger partial charge >= 0.3 is 0 Å². The average molecular weight is 214 g/mol. The first-order valence-electron chi connectivity index (χ1n) is 4.77. The van der Waals surface area contributed by atoms with E-state index in [1.165, 1.54) is 5.69 Å². The van der Waals surface area contributed by atoms with Crippen molar-refractivity contribution in [3.63, 3.8) is 0 Å². The number of hydrogen-bond acceptors (Lipinski definition) is 2. The SMILES string of the molecule is CCN(c1ccc(N)cc1)C(C)C.[Cl-]. The highest BCUT2D eigenvalue weighted by Gasteiger charge is 2.06. The minimum atomic E-state index is 0. The predicted molar refractivity (Wildman–Crippen MR) is 59.0 cm³/mol. The van der Waals surface area contributed by atoms with E-state index in [9.17, 15) is 0 Å². The van der Waals surface area contributed by atoms with Crippen LogP contribution in [0.1, 0.15) is 20.8 Å². The Morgan fingerprint density at radius 1 is 1.21 bits per heavy atom. The molecule has 1 aromatic rings. The summed E-state index contributed by atoms with van der Waals surface area (Å²) in [5, 5.41) is 0. The van der Waals surface area contributed by atoms with Crippen molar-refractivity contribution < 1.29 is 12.4 Å². The van der Waals surface area contributed by atoms with Crippen molar-refractivity contribution in [1.82, 2.24) is 0 Å². The Kier molecular flexibility index (Phi) is 5.39. The van der Waals surface area contributed by atoms with Crippen LogP contribution >= 0.6 is 0 Å². The first kappa shape index (κ1) is 13.1. The van der Waals surface area contributed by atoms with Crippen LogP contribution in [0.4, 0.5) is 11.4 Å². The summed E-state index contributed by atoms with van der Waals surface area (Å²) >= 11 is 0. The number of nitrogens with zero attached hydrogens (tertiary/aromatic N) is 1. The van der Waals surface area contributed by atoms with Crippen LogP contribution in [0.2, 0.25) is 0 Å². The third kappa shape index (κ3) is 3.11. The van der Waals surface area contributed by atoms with Gasteiger partial charge in [-0.15, -0.1) is 0 Å². The smallest absolute Gasteiger partial charge is 0.0369 e. The molecule has 0 amide bonds. The summed E-state index contributed by atoms with van der Waals surface area (Å²) in [5.41, 5.74) is 7.69. The second-order valence-corrected chi connectivity index (χ2v) is 3.47. The van der Waals surface area contributed by atoms with E-state index in [0.717, 1.165) is 12.2 Å². The molecule has 0 unspecified atom stereocenters. The molecule has 80 valence electrons. The highest BCUT2D eigenvalue weighted by molar-refractivity contribution is 5.53. The van der Waals surface area contributed by atoms with Gasteiger partial charge in [0.25, 0.3) is 0 Å². The minimum absolute atomic E-state index is 0. The van der Waals surface area contributed by atoms with Gasteiger partial charge in [0.15, 0.2) is 0 Å². The number of hydrogen-bond donors (Lipinski definition) is 1. The number of benzene rings is 1. The van der Waals surface area contributed by atoms with Crippen molar-refractivity contribution in [3.05, 3.63) is 24.3 Å². The predicted octanol–water partition coefficient (Wildman–Crippen LogP) is -0.492. The fourth-order valence-electron chi connectivity index (χ4n) is 1.51. The second-order valence-electron chi connectivity index (χ2n) is 3.47. The molecule has 3 heteroatoms. The van der Waals surface area contributed by atoms with Gasteiger partial charge in [0.05, 0.1) is 0 Å². The highest BCUT2D eigenvalue weighted by Crippen LogP contribution is 2.17. The molecule has 0 aromatic heterocycles. The maximum atomic E-state index is 5.63. The van der Waals surface area contributed by atoms with Crippen LogP contribution in [-0.4, -0.2) is 12.6 Å². The first-order valence-corrected chi connectivity index (χ1v) is 4.77. The van der Waals surface area contributed by atoms with Gasteiger partial charge < -0.3 is 23.0 Å². The summed E-state index contributed by atoms with van der Waals surface area (Å²) < 4.78 is 0. The molecule has 0 radical (unpaired) electrons. The number of anilines is 2. The minimum Gasteiger partial charge on any atom is -1.00 e. The quantitative estimate of drug-likeness (QED) is 0.687. The Balaban J connectivity index is 0.00000169. The van der Waals surface area contributed by atoms with Gasteiger partial charge in [0, 0.05) is 24.0 Å². The zero-order chi connectivity index (χ0) is 9.84. The van der Waals surface area contributed by atoms with Crippen molar-refractivity contribution in [2.45, 2.75) is 26.8 Å². The molecule has 0 saturated heterocycles. The second kappa shape index (κ2) is 5.76. The number of rotatable bonds is 3. The van der Waals surface area contributed by atoms with E-state index in [4.69, 9.17) is 5.73 Å². The molecule has 0 atom stereocenters. The summed E-state index contributed by atoms with van der Waals surface area (Å²) in [7, 11) is 0. The molecular formula is C11H18ClN2-. The van der Waals surface area contributed by atoms with Crippen LogP contribution in [0, 0.1) is 0 Å². The van der Waals surface area contributed by atoms with Crippen LogP contribution in [0.5, 0.6) is 0 Å². The van der Waals surface area contributed by atoms with Gasteiger partial charge in [-0.3, -0.25) is 0 Å². The summed E-state index contributed by atoms with van der Waals surface area (Å²) in [5.74, 6) is 0. The summed E-state index contributed by atoms with van der Waals surface area (Å²) in [6.45, 7) is 7.58. The molecule has 2 N–H and O–H groups in total. The van der Waals surface area contributed by atoms with Crippen molar-refractivity contribution >= 4 is 11.4 Å². The lowest BCUT2D eigenvalue weighted by Gasteiger charge is -2.27. The van der Waals surface area contributed by atoms with E-state index in [1.807, 2.05) is 12.1 Å². The lowest BCUT2D eigenvalue weighted by Crippen LogP contribution is -3.00. The van der Waals surface area contributed by atoms with E-state index < -0.39 is 0 Å². The first-order chi connectivity index (χ1) is 6.15. The fraction of sp³-hybridized carbons (Fsp3) is 0.455. The van der Waals surface area contributed by atoms with Gasteiger partial charge in [-0.2, -0.15) is 0 Å². The van der Waals surface area contributed by atoms with Crippen LogP contribution in [0.25, 0.3) is 0 Å². The van der Waals surface area contributed by atoms with E-state index in [2.05, 4.69) is 37.8 Å². The van der Waals surface area contributed by atoms with Crippen LogP contribution in [0.3, 0.4) is 0 Å². The van der Waals surface area contributed by atoms with E-state index in [-0.39, 0.29) is 12.4 Å². The lowest BCUT2D eigenvalue weighted by molar-refractivity contribution is -0.00000294. The molecule has 0 bridgehead atoms. The van der Waals surface area contributed by atoms with Gasteiger partial charge in [-0.05, 0) is 45.0 Å². The van der Waals surface area contributed by atoms with Crippen molar-refractivity contribution in [3.8, 4) is 0 Å². The zero-order valence-electron chi connectivity index (χ0n) is 9.00. The van der Waals surface area contributed by atoms with Gasteiger partial charge in [0.1, 0.15) is 0 Å². The third-order valence-corrected chi connectivity index (χ3v) is 2.19. The monoisotopic (exact) mass is 213 g/mol. The highest BCUT2D eigenvalue weighted by atomic mass is 35.5. The van der Waals surface area contributed by atoms with E-state index in [1.54, 1.807) is 0 Å². The summed E-state index contributed by atoms with van der Waals surface area (Å²) in [6.07, 6.45) is 0. The van der Waals surface area contributed by atoms with Crippen LogP contribution in [0.15, 0.2) is 24.3 Å². The molecule has 2 nitrogen and oxygen atoms in total. The van der Waals surface area contributed by atoms with Crippen molar-refractivity contribution in [2.24, 2.45) is 0 Å². The van der Waals surface area contributed by atoms with Crippen molar-refractivity contribution in [1.29, 1.82) is 0 Å². The largest absolute Gasteiger partial charge is 1.00 e. The molecule has 14 heavy (non-hydrogen) atoms. The standard InChI is InChI=1S/C11H18N2.ClH/c1-4-13(9(2)3)11-7-5-10(12)6-8-11;/h5-9H,4,12H2,1-3H3;1H/p-1.